The molecule has 25 heavy (non-hydrogen) atoms. The molecule has 4 heteroatoms. The van der Waals surface area contributed by atoms with E-state index in [-0.39, 0.29) is 18.6 Å². The van der Waals surface area contributed by atoms with Gasteiger partial charge in [0.25, 0.3) is 0 Å². The summed E-state index contributed by atoms with van der Waals surface area (Å²) in [6.07, 6.45) is -1.15. The van der Waals surface area contributed by atoms with Crippen molar-refractivity contribution in [3.8, 4) is 0 Å². The van der Waals surface area contributed by atoms with Gasteiger partial charge in [-0.3, -0.25) is 0 Å². The van der Waals surface area contributed by atoms with Gasteiger partial charge >= 0.3 is 6.09 Å². The highest BCUT2D eigenvalue weighted by atomic mass is 16.6. The monoisotopic (exact) mass is 341 g/mol. The summed E-state index contributed by atoms with van der Waals surface area (Å²) in [5.74, 6) is 0. The highest BCUT2D eigenvalue weighted by Crippen LogP contribution is 2.20. The average Bonchev–Trinajstić information content (AvgIpc) is 2.59. The van der Waals surface area contributed by atoms with E-state index in [4.69, 9.17) is 4.74 Å². The van der Waals surface area contributed by atoms with E-state index in [2.05, 4.69) is 20.8 Å². The van der Waals surface area contributed by atoms with Crippen LogP contribution in [0.4, 0.5) is 4.79 Å². The predicted octanol–water partition coefficient (Wildman–Crippen LogP) is 4.40. The van der Waals surface area contributed by atoms with Gasteiger partial charge in [0.2, 0.25) is 0 Å². The molecule has 0 spiro atoms. The van der Waals surface area contributed by atoms with Crippen LogP contribution in [0.15, 0.2) is 60.7 Å². The van der Waals surface area contributed by atoms with Crippen molar-refractivity contribution >= 4 is 6.09 Å². The normalized spacial score (nSPS) is 12.5. The molecule has 2 aromatic rings. The molecule has 0 saturated heterocycles. The van der Waals surface area contributed by atoms with Crippen molar-refractivity contribution in [3.63, 3.8) is 0 Å². The first-order valence-corrected chi connectivity index (χ1v) is 8.54. The number of carbonyl (C=O) groups is 1. The van der Waals surface area contributed by atoms with Gasteiger partial charge in [-0.2, -0.15) is 0 Å². The second kappa shape index (κ2) is 8.67. The lowest BCUT2D eigenvalue weighted by molar-refractivity contribution is 0.0556. The van der Waals surface area contributed by atoms with Crippen LogP contribution in [0.25, 0.3) is 0 Å². The molecule has 1 atom stereocenters. The molecule has 1 N–H and O–H groups in total. The van der Waals surface area contributed by atoms with Crippen LogP contribution in [0.3, 0.4) is 0 Å². The van der Waals surface area contributed by atoms with Crippen molar-refractivity contribution in [2.45, 2.75) is 33.5 Å². The number of carbonyl (C=O) groups excluding carboxylic acids is 1. The Bertz CT molecular complexity index is 650. The first-order chi connectivity index (χ1) is 11.8. The number of rotatable bonds is 6. The molecular formula is C21H27NO3. The maximum Gasteiger partial charge on any atom is 0.410 e. The molecule has 0 bridgehead atoms. The number of hydrogen-bond donors (Lipinski definition) is 1. The number of hydrogen-bond acceptors (Lipinski definition) is 3. The number of ether oxygens (including phenoxy) is 1. The third-order valence-corrected chi connectivity index (χ3v) is 3.71. The van der Waals surface area contributed by atoms with E-state index in [1.165, 1.54) is 0 Å². The maximum absolute atomic E-state index is 12.6. The molecule has 1 unspecified atom stereocenters. The fourth-order valence-electron chi connectivity index (χ4n) is 2.58. The van der Waals surface area contributed by atoms with Gasteiger partial charge in [-0.1, -0.05) is 81.4 Å². The predicted molar refractivity (Wildman–Crippen MR) is 99.1 cm³/mol. The van der Waals surface area contributed by atoms with Crippen LogP contribution in [0.2, 0.25) is 0 Å². The Labute approximate surface area is 150 Å². The third-order valence-electron chi connectivity index (χ3n) is 3.71. The van der Waals surface area contributed by atoms with Gasteiger partial charge < -0.3 is 14.7 Å². The fourth-order valence-corrected chi connectivity index (χ4v) is 2.58. The first kappa shape index (κ1) is 19.0. The van der Waals surface area contributed by atoms with E-state index >= 15 is 0 Å². The number of aliphatic hydroxyl groups is 1. The maximum atomic E-state index is 12.6. The lowest BCUT2D eigenvalue weighted by Crippen LogP contribution is -2.40. The molecule has 0 aromatic heterocycles. The molecule has 4 nitrogen and oxygen atoms in total. The minimum atomic E-state index is -0.743. The molecule has 0 saturated carbocycles. The van der Waals surface area contributed by atoms with Gasteiger partial charge in [0.1, 0.15) is 6.61 Å². The highest BCUT2D eigenvalue weighted by Gasteiger charge is 2.25. The van der Waals surface area contributed by atoms with Gasteiger partial charge in [-0.15, -0.1) is 0 Å². The van der Waals surface area contributed by atoms with Crippen molar-refractivity contribution < 1.29 is 14.6 Å². The van der Waals surface area contributed by atoms with Crippen LogP contribution in [0.5, 0.6) is 0 Å². The van der Waals surface area contributed by atoms with Crippen LogP contribution in [-0.2, 0) is 11.3 Å². The molecule has 2 rings (SSSR count). The fraction of sp³-hybridized carbons (Fsp3) is 0.381. The first-order valence-electron chi connectivity index (χ1n) is 8.54. The van der Waals surface area contributed by atoms with E-state index in [9.17, 15) is 9.90 Å². The molecule has 1 amide bonds. The topological polar surface area (TPSA) is 49.8 Å². The van der Waals surface area contributed by atoms with Gasteiger partial charge in [-0.05, 0) is 16.5 Å². The quantitative estimate of drug-likeness (QED) is 0.847. The minimum Gasteiger partial charge on any atom is -0.445 e. The highest BCUT2D eigenvalue weighted by molar-refractivity contribution is 5.67. The van der Waals surface area contributed by atoms with E-state index in [1.807, 2.05) is 60.7 Å². The van der Waals surface area contributed by atoms with Crippen molar-refractivity contribution in [1.29, 1.82) is 0 Å². The zero-order chi connectivity index (χ0) is 18.3. The molecule has 0 heterocycles. The minimum absolute atomic E-state index is 0.0951. The Morgan fingerprint density at radius 3 is 2.16 bits per heavy atom. The smallest absolute Gasteiger partial charge is 0.410 e. The summed E-state index contributed by atoms with van der Waals surface area (Å²) in [5.41, 5.74) is 1.63. The van der Waals surface area contributed by atoms with E-state index < -0.39 is 12.2 Å². The number of amides is 1. The lowest BCUT2D eigenvalue weighted by Gasteiger charge is -2.31. The summed E-state index contributed by atoms with van der Waals surface area (Å²) in [6, 6.07) is 18.9. The molecule has 0 aliphatic heterocycles. The number of benzene rings is 2. The van der Waals surface area contributed by atoms with Gasteiger partial charge in [0.05, 0.1) is 12.6 Å². The number of aliphatic hydroxyl groups excluding tert-OH is 1. The zero-order valence-electron chi connectivity index (χ0n) is 15.2. The lowest BCUT2D eigenvalue weighted by atomic mass is 9.96. The summed E-state index contributed by atoms with van der Waals surface area (Å²) in [6.45, 7) is 7.10. The van der Waals surface area contributed by atoms with Gasteiger partial charge in [-0.25, -0.2) is 4.79 Å². The average molecular weight is 341 g/mol. The molecule has 134 valence electrons. The van der Waals surface area contributed by atoms with Crippen LogP contribution < -0.4 is 0 Å². The van der Waals surface area contributed by atoms with Crippen molar-refractivity contribution in [2.24, 2.45) is 5.41 Å². The second-order valence-electron chi connectivity index (χ2n) is 7.41. The summed E-state index contributed by atoms with van der Waals surface area (Å²) >= 11 is 0. The van der Waals surface area contributed by atoms with Crippen molar-refractivity contribution in [2.75, 3.05) is 13.1 Å². The van der Waals surface area contributed by atoms with Crippen molar-refractivity contribution in [3.05, 3.63) is 71.8 Å². The Hall–Kier alpha value is -2.33. The standard InChI is InChI=1S/C21H27NO3/c1-21(2,3)16-22(14-19(23)18-12-8-5-9-13-18)20(24)25-15-17-10-6-4-7-11-17/h4-13,19,23H,14-16H2,1-3H3. The molecule has 2 aromatic carbocycles. The van der Waals surface area contributed by atoms with E-state index in [0.29, 0.717) is 6.54 Å². The molecule has 0 aliphatic rings. The largest absolute Gasteiger partial charge is 0.445 e. The summed E-state index contributed by atoms with van der Waals surface area (Å²) < 4.78 is 5.45. The Balaban J connectivity index is 2.02. The Morgan fingerprint density at radius 2 is 1.60 bits per heavy atom. The van der Waals surface area contributed by atoms with Gasteiger partial charge in [0, 0.05) is 6.54 Å². The molecule has 0 fully saturated rings. The molecule has 0 aliphatic carbocycles. The van der Waals surface area contributed by atoms with Crippen LogP contribution in [0, 0.1) is 5.41 Å². The van der Waals surface area contributed by atoms with Crippen LogP contribution in [-0.4, -0.2) is 29.2 Å². The Kier molecular flexibility index (Phi) is 6.59. The molecule has 0 radical (unpaired) electrons. The summed E-state index contributed by atoms with van der Waals surface area (Å²) in [5, 5.41) is 10.5. The van der Waals surface area contributed by atoms with E-state index in [1.54, 1.807) is 4.90 Å². The number of nitrogens with zero attached hydrogens (tertiary/aromatic N) is 1. The third kappa shape index (κ3) is 6.59. The summed E-state index contributed by atoms with van der Waals surface area (Å²) in [4.78, 5) is 14.1. The SMILES string of the molecule is CC(C)(C)CN(CC(O)c1ccccc1)C(=O)OCc1ccccc1. The molecular weight excluding hydrogens is 314 g/mol. The Morgan fingerprint density at radius 1 is 1.04 bits per heavy atom. The van der Waals surface area contributed by atoms with Crippen LogP contribution in [0.1, 0.15) is 38.0 Å². The van der Waals surface area contributed by atoms with Crippen LogP contribution >= 0.6 is 0 Å². The van der Waals surface area contributed by atoms with E-state index in [0.717, 1.165) is 11.1 Å². The second-order valence-corrected chi connectivity index (χ2v) is 7.41. The van der Waals surface area contributed by atoms with Crippen molar-refractivity contribution in [1.82, 2.24) is 4.90 Å². The zero-order valence-corrected chi connectivity index (χ0v) is 15.2. The van der Waals surface area contributed by atoms with Gasteiger partial charge in [0.15, 0.2) is 0 Å². The summed E-state index contributed by atoms with van der Waals surface area (Å²) in [7, 11) is 0.